The highest BCUT2D eigenvalue weighted by Crippen LogP contribution is 2.41. The van der Waals surface area contributed by atoms with Crippen molar-refractivity contribution in [3.63, 3.8) is 0 Å². The minimum Gasteiger partial charge on any atom is -0.496 e. The Morgan fingerprint density at radius 1 is 0.976 bits per heavy atom. The number of aliphatic hydroxyl groups is 1. The monoisotopic (exact) mass is 583 g/mol. The molecule has 2 aromatic carbocycles. The van der Waals surface area contributed by atoms with Crippen LogP contribution in [-0.2, 0) is 25.5 Å². The number of nitrogens with one attached hydrogen (secondary N) is 1. The fraction of sp³-hybridized carbons (Fsp3) is 0.419. The summed E-state index contributed by atoms with van der Waals surface area (Å²) in [5.41, 5.74) is 4.50. The van der Waals surface area contributed by atoms with Crippen LogP contribution in [0.1, 0.15) is 37.3 Å². The average Bonchev–Trinajstić information content (AvgIpc) is 2.99. The summed E-state index contributed by atoms with van der Waals surface area (Å²) in [4.78, 5) is 30.0. The van der Waals surface area contributed by atoms with Crippen LogP contribution in [0.4, 0.5) is 5.69 Å². The minimum absolute atomic E-state index is 0.333. The number of anilines is 1. The molecule has 2 aliphatic heterocycles. The van der Waals surface area contributed by atoms with Crippen LogP contribution in [0.3, 0.4) is 0 Å². The third-order valence-corrected chi connectivity index (χ3v) is 8.14. The maximum atomic E-state index is 12.8. The molecule has 1 unspecified atom stereocenters. The molecule has 0 bridgehead atoms. The smallest absolute Gasteiger partial charge is 0.336 e. The Bertz CT molecular complexity index is 1310. The zero-order valence-corrected chi connectivity index (χ0v) is 25.0. The van der Waals surface area contributed by atoms with Gasteiger partial charge >= 0.3 is 11.9 Å². The summed E-state index contributed by atoms with van der Waals surface area (Å²) in [6.07, 6.45) is 0.498. The van der Waals surface area contributed by atoms with Crippen LogP contribution >= 0.6 is 11.6 Å². The van der Waals surface area contributed by atoms with Crippen LogP contribution in [-0.4, -0.2) is 75.7 Å². The van der Waals surface area contributed by atoms with E-state index in [0.29, 0.717) is 46.7 Å². The van der Waals surface area contributed by atoms with Crippen LogP contribution in [0.25, 0.3) is 0 Å². The standard InChI is InChI=1S/C31H38ClN3O6/c1-19-27(30(37)40-4)29(28(20(2)33-19)31(38)41-5)22-11-10-21(25(18-22)39-3)12-13-26(36)35-16-14-34(15-17-35)24-9-7-6-8-23(24)32/h6-11,18,26,29,33,36H,12-17H2,1-5H3. The Morgan fingerprint density at radius 3 is 2.15 bits per heavy atom. The van der Waals surface area contributed by atoms with E-state index < -0.39 is 24.1 Å². The zero-order valence-electron chi connectivity index (χ0n) is 24.2. The molecule has 2 aliphatic rings. The fourth-order valence-corrected chi connectivity index (χ4v) is 5.93. The van der Waals surface area contributed by atoms with Crippen molar-refractivity contribution in [3.05, 3.63) is 81.2 Å². The van der Waals surface area contributed by atoms with E-state index in [9.17, 15) is 14.7 Å². The van der Waals surface area contributed by atoms with E-state index in [2.05, 4.69) is 15.1 Å². The number of nitrogens with zero attached hydrogens (tertiary/aromatic N) is 2. The van der Waals surface area contributed by atoms with Gasteiger partial charge in [0.15, 0.2) is 0 Å². The van der Waals surface area contributed by atoms with Gasteiger partial charge in [-0.1, -0.05) is 35.9 Å². The lowest BCUT2D eigenvalue weighted by atomic mass is 9.80. The summed E-state index contributed by atoms with van der Waals surface area (Å²) >= 11 is 6.37. The number of carbonyl (C=O) groups is 2. The summed E-state index contributed by atoms with van der Waals surface area (Å²) in [6.45, 7) is 6.56. The van der Waals surface area contributed by atoms with Crippen molar-refractivity contribution in [1.82, 2.24) is 10.2 Å². The van der Waals surface area contributed by atoms with E-state index in [1.165, 1.54) is 14.2 Å². The van der Waals surface area contributed by atoms with Crippen LogP contribution in [0.15, 0.2) is 65.0 Å². The van der Waals surface area contributed by atoms with Crippen molar-refractivity contribution >= 4 is 29.2 Å². The number of benzene rings is 2. The van der Waals surface area contributed by atoms with Gasteiger partial charge in [0.1, 0.15) is 12.0 Å². The van der Waals surface area contributed by atoms with E-state index in [1.54, 1.807) is 21.0 Å². The van der Waals surface area contributed by atoms with E-state index in [4.69, 9.17) is 25.8 Å². The molecule has 0 spiro atoms. The van der Waals surface area contributed by atoms with Gasteiger partial charge in [-0.05, 0) is 56.0 Å². The Hall–Kier alpha value is -3.53. The third kappa shape index (κ3) is 6.53. The van der Waals surface area contributed by atoms with Crippen LogP contribution in [0, 0.1) is 0 Å². The number of rotatable bonds is 9. The molecule has 2 aromatic rings. The van der Waals surface area contributed by atoms with Crippen molar-refractivity contribution in [2.75, 3.05) is 52.4 Å². The summed E-state index contributed by atoms with van der Waals surface area (Å²) in [6, 6.07) is 13.5. The minimum atomic E-state index is -0.695. The summed E-state index contributed by atoms with van der Waals surface area (Å²) in [5.74, 6) is -1.15. The first-order valence-corrected chi connectivity index (χ1v) is 14.0. The highest BCUT2D eigenvalue weighted by molar-refractivity contribution is 6.33. The van der Waals surface area contributed by atoms with Crippen molar-refractivity contribution < 1.29 is 28.9 Å². The molecule has 0 aromatic heterocycles. The Labute approximate surface area is 246 Å². The van der Waals surface area contributed by atoms with Gasteiger partial charge in [-0.25, -0.2) is 9.59 Å². The highest BCUT2D eigenvalue weighted by Gasteiger charge is 2.38. The van der Waals surface area contributed by atoms with Crippen LogP contribution in [0.5, 0.6) is 5.75 Å². The maximum Gasteiger partial charge on any atom is 0.336 e. The Balaban J connectivity index is 1.49. The van der Waals surface area contributed by atoms with Gasteiger partial charge in [-0.2, -0.15) is 0 Å². The van der Waals surface area contributed by atoms with E-state index in [0.717, 1.165) is 42.5 Å². The molecule has 9 nitrogen and oxygen atoms in total. The number of para-hydroxylation sites is 1. The number of allylic oxidation sites excluding steroid dienone is 2. The second-order valence-corrected chi connectivity index (χ2v) is 10.6. The normalized spacial score (nSPS) is 17.3. The Kier molecular flexibility index (Phi) is 9.96. The quantitative estimate of drug-likeness (QED) is 0.424. The first kappa shape index (κ1) is 30.4. The first-order valence-electron chi connectivity index (χ1n) is 13.6. The SMILES string of the molecule is COC(=O)C1=C(C)NC(C)=C(C(=O)OC)C1c1ccc(CCC(O)N2CCN(c3ccccc3Cl)CC2)c(OC)c1. The van der Waals surface area contributed by atoms with Crippen molar-refractivity contribution in [2.24, 2.45) is 0 Å². The molecule has 0 saturated carbocycles. The van der Waals surface area contributed by atoms with Crippen molar-refractivity contribution in [2.45, 2.75) is 38.8 Å². The zero-order chi connectivity index (χ0) is 29.7. The number of halogens is 1. The molecule has 0 aliphatic carbocycles. The number of hydrogen-bond acceptors (Lipinski definition) is 9. The summed E-state index contributed by atoms with van der Waals surface area (Å²) in [5, 5.41) is 14.8. The van der Waals surface area contributed by atoms with Gasteiger partial charge in [0.2, 0.25) is 0 Å². The van der Waals surface area contributed by atoms with E-state index >= 15 is 0 Å². The molecular weight excluding hydrogens is 546 g/mol. The highest BCUT2D eigenvalue weighted by atomic mass is 35.5. The Morgan fingerprint density at radius 2 is 1.59 bits per heavy atom. The van der Waals surface area contributed by atoms with Gasteiger partial charge in [-0.3, -0.25) is 4.90 Å². The molecule has 2 N–H and O–H groups in total. The largest absolute Gasteiger partial charge is 0.496 e. The number of aryl methyl sites for hydroxylation is 1. The lowest BCUT2D eigenvalue weighted by molar-refractivity contribution is -0.137. The van der Waals surface area contributed by atoms with Crippen molar-refractivity contribution in [1.29, 1.82) is 0 Å². The van der Waals surface area contributed by atoms with Crippen LogP contribution in [0.2, 0.25) is 5.02 Å². The summed E-state index contributed by atoms with van der Waals surface area (Å²) < 4.78 is 15.9. The van der Waals surface area contributed by atoms with Gasteiger partial charge in [0.25, 0.3) is 0 Å². The molecule has 4 rings (SSSR count). The average molecular weight is 584 g/mol. The molecule has 1 fully saturated rings. The number of piperazine rings is 1. The lowest BCUT2D eigenvalue weighted by Gasteiger charge is -2.38. The molecule has 41 heavy (non-hydrogen) atoms. The molecule has 0 radical (unpaired) electrons. The predicted octanol–water partition coefficient (Wildman–Crippen LogP) is 4.00. The molecule has 1 atom stereocenters. The predicted molar refractivity (Wildman–Crippen MR) is 158 cm³/mol. The van der Waals surface area contributed by atoms with E-state index in [-0.39, 0.29) is 0 Å². The van der Waals surface area contributed by atoms with Gasteiger partial charge in [-0.15, -0.1) is 0 Å². The molecule has 10 heteroatoms. The summed E-state index contributed by atoms with van der Waals surface area (Å²) in [7, 11) is 4.21. The second-order valence-electron chi connectivity index (χ2n) is 10.2. The maximum absolute atomic E-state index is 12.8. The van der Waals surface area contributed by atoms with E-state index in [1.807, 2.05) is 42.5 Å². The number of ether oxygens (including phenoxy) is 3. The number of hydrogen-bond donors (Lipinski definition) is 2. The van der Waals surface area contributed by atoms with Crippen LogP contribution < -0.4 is 15.0 Å². The fourth-order valence-electron chi connectivity index (χ4n) is 5.67. The molecule has 0 amide bonds. The first-order chi connectivity index (χ1) is 19.7. The number of esters is 2. The number of dihydropyridines is 1. The molecular formula is C31H38ClN3O6. The second kappa shape index (κ2) is 13.4. The van der Waals surface area contributed by atoms with Crippen molar-refractivity contribution in [3.8, 4) is 5.75 Å². The van der Waals surface area contributed by atoms with Gasteiger partial charge < -0.3 is 29.5 Å². The molecule has 1 saturated heterocycles. The van der Waals surface area contributed by atoms with Gasteiger partial charge in [0, 0.05) is 37.6 Å². The molecule has 220 valence electrons. The van der Waals surface area contributed by atoms with Gasteiger partial charge in [0.05, 0.1) is 49.1 Å². The topological polar surface area (TPSA) is 101 Å². The lowest BCUT2D eigenvalue weighted by Crippen LogP contribution is -2.50. The molecule has 2 heterocycles. The number of carbonyl (C=O) groups excluding carboxylic acids is 2. The number of methoxy groups -OCH3 is 3. The number of aliphatic hydroxyl groups excluding tert-OH is 1. The third-order valence-electron chi connectivity index (χ3n) is 7.82.